The van der Waals surface area contributed by atoms with Crippen LogP contribution < -0.4 is 10.1 Å². The van der Waals surface area contributed by atoms with E-state index >= 15 is 0 Å². The average molecular weight is 291 g/mol. The Kier molecular flexibility index (Phi) is 4.12. The summed E-state index contributed by atoms with van der Waals surface area (Å²) in [6, 6.07) is 4.60. The van der Waals surface area contributed by atoms with Gasteiger partial charge in [0, 0.05) is 5.56 Å². The number of nitro groups is 1. The summed E-state index contributed by atoms with van der Waals surface area (Å²) in [7, 11) is 0. The number of aryl methyl sites for hydroxylation is 1. The number of hydrogen-bond donors (Lipinski definition) is 2. The summed E-state index contributed by atoms with van der Waals surface area (Å²) < 4.78 is 5.04. The van der Waals surface area contributed by atoms with Gasteiger partial charge in [0.25, 0.3) is 11.6 Å². The molecule has 1 aromatic carbocycles. The minimum Gasteiger partial charge on any atom is -0.463 e. The number of carbonyl (C=O) groups excluding carboxylic acids is 1. The summed E-state index contributed by atoms with van der Waals surface area (Å²) in [5.74, 6) is -0.594. The van der Waals surface area contributed by atoms with Gasteiger partial charge < -0.3 is 4.74 Å². The molecule has 0 fully saturated rings. The third-order valence-corrected chi connectivity index (χ3v) is 2.64. The highest BCUT2D eigenvalue weighted by molar-refractivity contribution is 6.06. The molecule has 0 bridgehead atoms. The lowest BCUT2D eigenvalue weighted by molar-refractivity contribution is -0.385. The summed E-state index contributed by atoms with van der Waals surface area (Å²) in [6.45, 7) is 3.72. The van der Waals surface area contributed by atoms with Gasteiger partial charge in [-0.3, -0.25) is 20.2 Å². The number of amides is 1. The molecule has 0 spiro atoms. The second-order valence-corrected chi connectivity index (χ2v) is 4.08. The normalized spacial score (nSPS) is 10.2. The van der Waals surface area contributed by atoms with Crippen LogP contribution in [0.15, 0.2) is 18.2 Å². The van der Waals surface area contributed by atoms with Crippen LogP contribution in [0.5, 0.6) is 6.01 Å². The summed E-state index contributed by atoms with van der Waals surface area (Å²) in [5, 5.41) is 19.7. The van der Waals surface area contributed by atoms with Gasteiger partial charge in [0.05, 0.1) is 11.5 Å². The van der Waals surface area contributed by atoms with E-state index in [-0.39, 0.29) is 23.2 Å². The highest BCUT2D eigenvalue weighted by Gasteiger charge is 2.23. The fraction of sp³-hybridized carbons (Fsp3) is 0.250. The highest BCUT2D eigenvalue weighted by Crippen LogP contribution is 2.23. The second kappa shape index (κ2) is 5.99. The summed E-state index contributed by atoms with van der Waals surface area (Å²) in [4.78, 5) is 26.5. The Morgan fingerprint density at radius 3 is 2.95 bits per heavy atom. The van der Waals surface area contributed by atoms with Crippen molar-refractivity contribution in [2.45, 2.75) is 13.8 Å². The molecule has 2 N–H and O–H groups in total. The van der Waals surface area contributed by atoms with Gasteiger partial charge in [-0.05, 0) is 19.9 Å². The van der Waals surface area contributed by atoms with Crippen molar-refractivity contribution in [3.63, 3.8) is 0 Å². The monoisotopic (exact) mass is 291 g/mol. The molecule has 0 aliphatic heterocycles. The van der Waals surface area contributed by atoms with Crippen molar-refractivity contribution in [2.75, 3.05) is 11.9 Å². The maximum absolute atomic E-state index is 12.1. The predicted molar refractivity (Wildman–Crippen MR) is 73.3 cm³/mol. The van der Waals surface area contributed by atoms with Crippen LogP contribution in [0.4, 0.5) is 11.6 Å². The van der Waals surface area contributed by atoms with Gasteiger partial charge in [0.2, 0.25) is 5.95 Å². The molecule has 2 aromatic rings. The molecule has 0 unspecified atom stereocenters. The van der Waals surface area contributed by atoms with Gasteiger partial charge >= 0.3 is 6.01 Å². The molecule has 0 saturated heterocycles. The minimum absolute atomic E-state index is 0.0469. The third-order valence-electron chi connectivity index (χ3n) is 2.64. The Balaban J connectivity index is 2.24. The van der Waals surface area contributed by atoms with Crippen LogP contribution >= 0.6 is 0 Å². The molecular formula is C12H13N5O4. The van der Waals surface area contributed by atoms with Gasteiger partial charge in [-0.15, -0.1) is 5.10 Å². The Labute approximate surface area is 119 Å². The molecule has 21 heavy (non-hydrogen) atoms. The lowest BCUT2D eigenvalue weighted by Gasteiger charge is -2.04. The maximum atomic E-state index is 12.1. The lowest BCUT2D eigenvalue weighted by atomic mass is 10.1. The van der Waals surface area contributed by atoms with Crippen LogP contribution in [0, 0.1) is 17.0 Å². The van der Waals surface area contributed by atoms with Crippen LogP contribution in [0.3, 0.4) is 0 Å². The van der Waals surface area contributed by atoms with E-state index in [9.17, 15) is 14.9 Å². The second-order valence-electron chi connectivity index (χ2n) is 4.08. The SMILES string of the molecule is CCOc1n[nH]c(NC(=O)c2cccc(C)c2[N+](=O)[O-])n1. The Hall–Kier alpha value is -2.97. The fourth-order valence-electron chi connectivity index (χ4n) is 1.76. The number of rotatable bonds is 5. The quantitative estimate of drug-likeness (QED) is 0.638. The fourth-order valence-corrected chi connectivity index (χ4v) is 1.76. The molecule has 2 rings (SSSR count). The van der Waals surface area contributed by atoms with Crippen LogP contribution in [0.2, 0.25) is 0 Å². The molecule has 0 radical (unpaired) electrons. The van der Waals surface area contributed by atoms with E-state index in [1.165, 1.54) is 6.07 Å². The zero-order valence-electron chi connectivity index (χ0n) is 11.4. The molecule has 9 nitrogen and oxygen atoms in total. The number of nitro benzene ring substituents is 1. The van der Waals surface area contributed by atoms with E-state index in [4.69, 9.17) is 4.74 Å². The number of H-pyrrole nitrogens is 1. The summed E-state index contributed by atoms with van der Waals surface area (Å²) >= 11 is 0. The first kappa shape index (κ1) is 14.4. The molecule has 110 valence electrons. The number of aromatic nitrogens is 3. The molecule has 1 amide bonds. The van der Waals surface area contributed by atoms with Gasteiger partial charge in [0.15, 0.2) is 0 Å². The van der Waals surface area contributed by atoms with E-state index in [0.29, 0.717) is 12.2 Å². The van der Waals surface area contributed by atoms with Crippen molar-refractivity contribution in [3.8, 4) is 6.01 Å². The smallest absolute Gasteiger partial charge is 0.337 e. The van der Waals surface area contributed by atoms with Gasteiger partial charge in [-0.2, -0.15) is 4.98 Å². The molecule has 0 aliphatic carbocycles. The molecule has 0 aliphatic rings. The maximum Gasteiger partial charge on any atom is 0.337 e. The topological polar surface area (TPSA) is 123 Å². The standard InChI is InChI=1S/C12H13N5O4/c1-3-21-12-14-11(15-16-12)13-10(18)8-6-4-5-7(2)9(8)17(19)20/h4-6H,3H2,1-2H3,(H2,13,14,15,16,18). The van der Waals surface area contributed by atoms with E-state index in [1.54, 1.807) is 26.0 Å². The minimum atomic E-state index is -0.649. The first-order chi connectivity index (χ1) is 10.0. The van der Waals surface area contributed by atoms with E-state index in [2.05, 4.69) is 20.5 Å². The summed E-state index contributed by atoms with van der Waals surface area (Å²) in [5.41, 5.74) is 0.120. The number of ether oxygens (including phenoxy) is 1. The molecule has 9 heteroatoms. The number of anilines is 1. The largest absolute Gasteiger partial charge is 0.463 e. The predicted octanol–water partition coefficient (Wildman–Crippen LogP) is 1.67. The molecule has 0 saturated carbocycles. The first-order valence-electron chi connectivity index (χ1n) is 6.13. The van der Waals surface area contributed by atoms with E-state index in [1.807, 2.05) is 0 Å². The number of carbonyl (C=O) groups is 1. The third kappa shape index (κ3) is 3.14. The van der Waals surface area contributed by atoms with E-state index < -0.39 is 10.8 Å². The Morgan fingerprint density at radius 2 is 2.29 bits per heavy atom. The van der Waals surface area contributed by atoms with E-state index in [0.717, 1.165) is 0 Å². The molecular weight excluding hydrogens is 278 g/mol. The van der Waals surface area contributed by atoms with Crippen molar-refractivity contribution < 1.29 is 14.5 Å². The first-order valence-corrected chi connectivity index (χ1v) is 6.13. The number of benzene rings is 1. The van der Waals surface area contributed by atoms with Crippen LogP contribution in [-0.4, -0.2) is 32.6 Å². The Bertz CT molecular complexity index is 682. The number of hydrogen-bond acceptors (Lipinski definition) is 6. The van der Waals surface area contributed by atoms with Crippen molar-refractivity contribution in [1.29, 1.82) is 0 Å². The van der Waals surface area contributed by atoms with Crippen molar-refractivity contribution in [3.05, 3.63) is 39.4 Å². The summed E-state index contributed by atoms with van der Waals surface area (Å²) in [6.07, 6.45) is 0. The van der Waals surface area contributed by atoms with Crippen molar-refractivity contribution >= 4 is 17.5 Å². The zero-order chi connectivity index (χ0) is 15.4. The van der Waals surface area contributed by atoms with Crippen LogP contribution in [0.1, 0.15) is 22.8 Å². The van der Waals surface area contributed by atoms with Gasteiger partial charge in [-0.25, -0.2) is 5.10 Å². The molecule has 1 aromatic heterocycles. The number of para-hydroxylation sites is 1. The lowest BCUT2D eigenvalue weighted by Crippen LogP contribution is -2.15. The van der Waals surface area contributed by atoms with Gasteiger partial charge in [0.1, 0.15) is 5.56 Å². The zero-order valence-corrected chi connectivity index (χ0v) is 11.4. The van der Waals surface area contributed by atoms with Crippen LogP contribution in [-0.2, 0) is 0 Å². The highest BCUT2D eigenvalue weighted by atomic mass is 16.6. The van der Waals surface area contributed by atoms with Crippen molar-refractivity contribution in [2.24, 2.45) is 0 Å². The molecule has 1 heterocycles. The number of nitrogens with zero attached hydrogens (tertiary/aromatic N) is 3. The number of aromatic amines is 1. The number of nitrogens with one attached hydrogen (secondary N) is 2. The van der Waals surface area contributed by atoms with Gasteiger partial charge in [-0.1, -0.05) is 12.1 Å². The average Bonchev–Trinajstić information content (AvgIpc) is 2.85. The molecule has 0 atom stereocenters. The van der Waals surface area contributed by atoms with Crippen LogP contribution in [0.25, 0.3) is 0 Å². The van der Waals surface area contributed by atoms with Crippen molar-refractivity contribution in [1.82, 2.24) is 15.2 Å². The Morgan fingerprint density at radius 1 is 1.52 bits per heavy atom.